The molecule has 5 rings (SSSR count). The van der Waals surface area contributed by atoms with Crippen molar-refractivity contribution in [1.82, 2.24) is 14.5 Å². The molecule has 1 aliphatic rings. The summed E-state index contributed by atoms with van der Waals surface area (Å²) in [5.74, 6) is -0.201. The number of pyridine rings is 1. The Morgan fingerprint density at radius 1 is 1.05 bits per heavy atom. The van der Waals surface area contributed by atoms with Crippen LogP contribution in [0.2, 0.25) is 0 Å². The topological polar surface area (TPSA) is 76.5 Å². The Balaban J connectivity index is 1.57. The van der Waals surface area contributed by atoms with Crippen molar-refractivity contribution in [2.45, 2.75) is 51.9 Å². The Morgan fingerprint density at radius 2 is 1.78 bits per heavy atom. The van der Waals surface area contributed by atoms with Gasteiger partial charge in [-0.25, -0.2) is 14.2 Å². The highest BCUT2D eigenvalue weighted by atomic mass is 19.1. The van der Waals surface area contributed by atoms with Gasteiger partial charge in [-0.05, 0) is 62.2 Å². The van der Waals surface area contributed by atoms with Crippen LogP contribution in [0.1, 0.15) is 37.6 Å². The summed E-state index contributed by atoms with van der Waals surface area (Å²) in [6, 6.07) is 18.9. The minimum Gasteiger partial charge on any atom is -0.444 e. The number of carbonyl (C=O) groups excluding carboxylic acids is 2. The Hall–Kier alpha value is -4.20. The molecule has 0 radical (unpaired) electrons. The number of amides is 2. The molecule has 2 amide bonds. The van der Waals surface area contributed by atoms with Crippen LogP contribution in [0, 0.1) is 5.82 Å². The maximum atomic E-state index is 13.5. The number of aromatic nitrogens is 2. The zero-order valence-electron chi connectivity index (χ0n) is 21.1. The summed E-state index contributed by atoms with van der Waals surface area (Å²) in [5, 5.41) is 3.88. The van der Waals surface area contributed by atoms with Gasteiger partial charge in [0.25, 0.3) is 0 Å². The second-order valence-electron chi connectivity index (χ2n) is 10.2. The number of benzene rings is 2. The van der Waals surface area contributed by atoms with E-state index in [-0.39, 0.29) is 18.3 Å². The van der Waals surface area contributed by atoms with Crippen molar-refractivity contribution in [1.29, 1.82) is 0 Å². The number of para-hydroxylation sites is 1. The zero-order valence-corrected chi connectivity index (χ0v) is 21.1. The molecule has 1 N–H and O–H groups in total. The van der Waals surface area contributed by atoms with Crippen LogP contribution < -0.4 is 5.32 Å². The fraction of sp³-hybridized carbons (Fsp3) is 0.276. The number of nitrogens with one attached hydrogen (secondary N) is 1. The third-order valence-corrected chi connectivity index (χ3v) is 6.39. The quantitative estimate of drug-likeness (QED) is 0.400. The number of halogens is 1. The summed E-state index contributed by atoms with van der Waals surface area (Å²) in [7, 11) is 0. The van der Waals surface area contributed by atoms with Crippen molar-refractivity contribution in [3.05, 3.63) is 95.6 Å². The number of ether oxygens (including phenoxy) is 1. The molecule has 1 atom stereocenters. The molecular formula is C29H29FN4O3. The van der Waals surface area contributed by atoms with Gasteiger partial charge in [0.15, 0.2) is 0 Å². The molecule has 4 aromatic rings. The predicted molar refractivity (Wildman–Crippen MR) is 140 cm³/mol. The molecule has 0 saturated heterocycles. The fourth-order valence-electron chi connectivity index (χ4n) is 4.76. The van der Waals surface area contributed by atoms with Gasteiger partial charge in [0, 0.05) is 35.8 Å². The largest absolute Gasteiger partial charge is 0.444 e. The first kappa shape index (κ1) is 24.5. The lowest BCUT2D eigenvalue weighted by atomic mass is 9.96. The SMILES string of the molecule is CC(C)(C)OC(=O)N1Cc2c(c3ccccc3n2Cc2ccc(F)cc2)CC1C(=O)Nc1ccccn1. The summed E-state index contributed by atoms with van der Waals surface area (Å²) in [6.07, 6.45) is 1.37. The third kappa shape index (κ3) is 5.18. The number of hydrogen-bond acceptors (Lipinski definition) is 4. The van der Waals surface area contributed by atoms with Crippen molar-refractivity contribution in [3.63, 3.8) is 0 Å². The normalized spacial score (nSPS) is 15.4. The zero-order chi connectivity index (χ0) is 26.2. The lowest BCUT2D eigenvalue weighted by Gasteiger charge is -2.36. The van der Waals surface area contributed by atoms with Crippen LogP contribution in [0.15, 0.2) is 72.9 Å². The highest BCUT2D eigenvalue weighted by molar-refractivity contribution is 5.97. The Kier molecular flexibility index (Phi) is 6.41. The first-order chi connectivity index (χ1) is 17.7. The Morgan fingerprint density at radius 3 is 2.49 bits per heavy atom. The van der Waals surface area contributed by atoms with Crippen LogP contribution in [0.5, 0.6) is 0 Å². The van der Waals surface area contributed by atoms with E-state index in [1.165, 1.54) is 17.0 Å². The van der Waals surface area contributed by atoms with E-state index in [1.807, 2.05) is 24.3 Å². The van der Waals surface area contributed by atoms with Crippen molar-refractivity contribution < 1.29 is 18.7 Å². The van der Waals surface area contributed by atoms with Gasteiger partial charge in [-0.1, -0.05) is 36.4 Å². The lowest BCUT2D eigenvalue weighted by molar-refractivity contribution is -0.122. The molecule has 2 aromatic heterocycles. The smallest absolute Gasteiger partial charge is 0.411 e. The minimum absolute atomic E-state index is 0.195. The second kappa shape index (κ2) is 9.69. The molecule has 0 spiro atoms. The molecule has 0 fully saturated rings. The fourth-order valence-corrected chi connectivity index (χ4v) is 4.76. The van der Waals surface area contributed by atoms with Gasteiger partial charge >= 0.3 is 6.09 Å². The van der Waals surface area contributed by atoms with Crippen LogP contribution in [-0.4, -0.2) is 38.1 Å². The molecular weight excluding hydrogens is 471 g/mol. The average Bonchev–Trinajstić information content (AvgIpc) is 3.17. The highest BCUT2D eigenvalue weighted by Crippen LogP contribution is 2.35. The monoisotopic (exact) mass is 500 g/mol. The van der Waals surface area contributed by atoms with Crippen molar-refractivity contribution in [3.8, 4) is 0 Å². The summed E-state index contributed by atoms with van der Waals surface area (Å²) in [4.78, 5) is 32.5. The molecule has 7 nitrogen and oxygen atoms in total. The summed E-state index contributed by atoms with van der Waals surface area (Å²) in [6.45, 7) is 6.10. The standard InChI is InChI=1S/C29H29FN4O3/c1-29(2,3)37-28(36)34-18-25-22(16-24(34)27(35)32-26-10-6-7-15-31-26)21-8-4-5-9-23(21)33(25)17-19-11-13-20(30)14-12-19/h4-15,24H,16-18H2,1-3H3,(H,31,32,35). The average molecular weight is 501 g/mol. The molecule has 0 saturated carbocycles. The lowest BCUT2D eigenvalue weighted by Crippen LogP contribution is -2.52. The Labute approximate surface area is 214 Å². The van der Waals surface area contributed by atoms with E-state index in [0.29, 0.717) is 18.8 Å². The molecule has 3 heterocycles. The van der Waals surface area contributed by atoms with Crippen LogP contribution >= 0.6 is 0 Å². The van der Waals surface area contributed by atoms with Gasteiger partial charge in [-0.2, -0.15) is 0 Å². The summed E-state index contributed by atoms with van der Waals surface area (Å²) >= 11 is 0. The molecule has 1 unspecified atom stereocenters. The van der Waals surface area contributed by atoms with Gasteiger partial charge in [0.05, 0.1) is 6.54 Å². The van der Waals surface area contributed by atoms with Gasteiger partial charge in [-0.15, -0.1) is 0 Å². The van der Waals surface area contributed by atoms with Gasteiger partial charge in [0.2, 0.25) is 5.91 Å². The number of fused-ring (bicyclic) bond motifs is 3. The van der Waals surface area contributed by atoms with E-state index in [4.69, 9.17) is 4.74 Å². The number of rotatable bonds is 4. The van der Waals surface area contributed by atoms with E-state index in [0.717, 1.165) is 27.7 Å². The van der Waals surface area contributed by atoms with E-state index in [1.54, 1.807) is 57.3 Å². The third-order valence-electron chi connectivity index (χ3n) is 6.39. The summed E-state index contributed by atoms with van der Waals surface area (Å²) < 4.78 is 21.4. The molecule has 37 heavy (non-hydrogen) atoms. The molecule has 2 aromatic carbocycles. The van der Waals surface area contributed by atoms with Crippen molar-refractivity contribution in [2.24, 2.45) is 0 Å². The first-order valence-corrected chi connectivity index (χ1v) is 12.2. The molecule has 0 aliphatic carbocycles. The van der Waals surface area contributed by atoms with Crippen LogP contribution in [-0.2, 0) is 29.0 Å². The van der Waals surface area contributed by atoms with Gasteiger partial charge in [-0.3, -0.25) is 9.69 Å². The van der Waals surface area contributed by atoms with E-state index < -0.39 is 17.7 Å². The maximum absolute atomic E-state index is 13.5. The number of carbonyl (C=O) groups is 2. The van der Waals surface area contributed by atoms with Gasteiger partial charge < -0.3 is 14.6 Å². The number of hydrogen-bond donors (Lipinski definition) is 1. The van der Waals surface area contributed by atoms with E-state index in [9.17, 15) is 14.0 Å². The van der Waals surface area contributed by atoms with Crippen LogP contribution in [0.3, 0.4) is 0 Å². The van der Waals surface area contributed by atoms with Crippen molar-refractivity contribution >= 4 is 28.7 Å². The molecule has 8 heteroatoms. The van der Waals surface area contributed by atoms with Crippen LogP contribution in [0.4, 0.5) is 15.0 Å². The first-order valence-electron chi connectivity index (χ1n) is 12.2. The Bertz CT molecular complexity index is 1440. The minimum atomic E-state index is -0.783. The second-order valence-corrected chi connectivity index (χ2v) is 10.2. The predicted octanol–water partition coefficient (Wildman–Crippen LogP) is 5.52. The summed E-state index contributed by atoms with van der Waals surface area (Å²) in [5.41, 5.74) is 3.15. The van der Waals surface area contributed by atoms with Crippen molar-refractivity contribution in [2.75, 3.05) is 5.32 Å². The van der Waals surface area contributed by atoms with E-state index in [2.05, 4.69) is 14.9 Å². The number of nitrogens with zero attached hydrogens (tertiary/aromatic N) is 3. The molecule has 190 valence electrons. The van der Waals surface area contributed by atoms with Gasteiger partial charge in [0.1, 0.15) is 23.3 Å². The van der Waals surface area contributed by atoms with E-state index >= 15 is 0 Å². The highest BCUT2D eigenvalue weighted by Gasteiger charge is 2.39. The van der Waals surface area contributed by atoms with Crippen LogP contribution in [0.25, 0.3) is 10.9 Å². The number of anilines is 1. The molecule has 0 bridgehead atoms. The maximum Gasteiger partial charge on any atom is 0.411 e. The molecule has 1 aliphatic heterocycles.